The first-order valence-electron chi connectivity index (χ1n) is 7.42. The van der Waals surface area contributed by atoms with Crippen LogP contribution in [-0.2, 0) is 0 Å². The zero-order valence-corrected chi connectivity index (χ0v) is 14.0. The van der Waals surface area contributed by atoms with E-state index in [4.69, 9.17) is 16.3 Å². The lowest BCUT2D eigenvalue weighted by molar-refractivity contribution is 0.302. The molecule has 0 aliphatic carbocycles. The monoisotopic (exact) mass is 308 g/mol. The molecule has 0 radical (unpaired) electrons. The molecule has 118 valence electrons. The summed E-state index contributed by atoms with van der Waals surface area (Å²) in [5.74, 6) is -1.38. The molecule has 0 aliphatic rings. The number of benzene rings is 1. The Balaban J connectivity index is 0. The lowest BCUT2D eigenvalue weighted by atomic mass is 10.2. The largest absolute Gasteiger partial charge is 0.492 e. The third kappa shape index (κ3) is 9.13. The van der Waals surface area contributed by atoms with Gasteiger partial charge in [-0.25, -0.2) is 8.78 Å². The third-order valence-corrected chi connectivity index (χ3v) is 2.58. The molecule has 0 aliphatic heterocycles. The first-order valence-corrected chi connectivity index (χ1v) is 7.80. The Morgan fingerprint density at radius 2 is 1.60 bits per heavy atom. The summed E-state index contributed by atoms with van der Waals surface area (Å²) in [5, 5.41) is -0.156. The van der Waals surface area contributed by atoms with Crippen LogP contribution < -0.4 is 4.74 Å². The molecule has 0 saturated heterocycles. The molecule has 0 heterocycles. The fourth-order valence-electron chi connectivity index (χ4n) is 1.35. The summed E-state index contributed by atoms with van der Waals surface area (Å²) < 4.78 is 31.1. The van der Waals surface area contributed by atoms with Crippen molar-refractivity contribution in [1.29, 1.82) is 0 Å². The first-order chi connectivity index (χ1) is 9.65. The maximum absolute atomic E-state index is 13.0. The van der Waals surface area contributed by atoms with Crippen LogP contribution in [-0.4, -0.2) is 6.61 Å². The molecule has 0 saturated carbocycles. The highest BCUT2D eigenvalue weighted by molar-refractivity contribution is 6.32. The van der Waals surface area contributed by atoms with Gasteiger partial charge in [0, 0.05) is 12.1 Å². The van der Waals surface area contributed by atoms with E-state index in [9.17, 15) is 8.78 Å². The highest BCUT2D eigenvalue weighted by Gasteiger charge is 2.09. The molecular formula is C16H27ClF2O. The minimum Gasteiger partial charge on any atom is -0.492 e. The van der Waals surface area contributed by atoms with Crippen LogP contribution in [0.2, 0.25) is 5.02 Å². The van der Waals surface area contributed by atoms with E-state index < -0.39 is 11.6 Å². The zero-order valence-electron chi connectivity index (χ0n) is 13.2. The lowest BCUT2D eigenvalue weighted by Gasteiger charge is -2.08. The minimum atomic E-state index is -0.787. The van der Waals surface area contributed by atoms with Crippen LogP contribution in [0.5, 0.6) is 5.75 Å². The molecule has 0 atom stereocenters. The summed E-state index contributed by atoms with van der Waals surface area (Å²) in [6.45, 7) is 10.5. The summed E-state index contributed by atoms with van der Waals surface area (Å²) in [6.07, 6.45) is 4.18. The fraction of sp³-hybridized carbons (Fsp3) is 0.625. The number of hydrogen-bond acceptors (Lipinski definition) is 1. The van der Waals surface area contributed by atoms with Crippen LogP contribution in [0.4, 0.5) is 8.78 Å². The van der Waals surface area contributed by atoms with Crippen molar-refractivity contribution in [2.45, 2.75) is 60.3 Å². The van der Waals surface area contributed by atoms with Gasteiger partial charge in [-0.05, 0) is 6.42 Å². The maximum atomic E-state index is 13.0. The molecule has 0 bridgehead atoms. The van der Waals surface area contributed by atoms with Gasteiger partial charge in [0.25, 0.3) is 0 Å². The van der Waals surface area contributed by atoms with E-state index in [-0.39, 0.29) is 10.8 Å². The molecule has 0 fully saturated rings. The lowest BCUT2D eigenvalue weighted by Crippen LogP contribution is -1.99. The van der Waals surface area contributed by atoms with E-state index >= 15 is 0 Å². The standard InChI is InChI=1S/C12H15ClF2O.2C2H6/c1-2-3-4-5-6-16-11-8-9(14)7-10(15)12(11)13;2*1-2/h7-8H,2-6H2,1H3;2*1-2H3. The van der Waals surface area contributed by atoms with Crippen molar-refractivity contribution in [3.63, 3.8) is 0 Å². The van der Waals surface area contributed by atoms with Gasteiger partial charge < -0.3 is 4.74 Å². The molecule has 0 N–H and O–H groups in total. The van der Waals surface area contributed by atoms with Crippen LogP contribution in [0, 0.1) is 11.6 Å². The van der Waals surface area contributed by atoms with E-state index in [0.29, 0.717) is 6.61 Å². The van der Waals surface area contributed by atoms with Crippen molar-refractivity contribution < 1.29 is 13.5 Å². The molecule has 0 amide bonds. The number of halogens is 3. The summed E-state index contributed by atoms with van der Waals surface area (Å²) in [5.41, 5.74) is 0. The quantitative estimate of drug-likeness (QED) is 0.423. The van der Waals surface area contributed by atoms with Crippen LogP contribution >= 0.6 is 11.6 Å². The Kier molecular flexibility index (Phi) is 15.6. The van der Waals surface area contributed by atoms with Crippen molar-refractivity contribution >= 4 is 11.6 Å². The van der Waals surface area contributed by atoms with E-state index in [1.165, 1.54) is 0 Å². The average Bonchev–Trinajstić information content (AvgIpc) is 2.48. The second-order valence-electron chi connectivity index (χ2n) is 3.61. The van der Waals surface area contributed by atoms with Gasteiger partial charge in [-0.3, -0.25) is 0 Å². The van der Waals surface area contributed by atoms with Crippen molar-refractivity contribution in [1.82, 2.24) is 0 Å². The van der Waals surface area contributed by atoms with Crippen molar-refractivity contribution in [3.8, 4) is 5.75 Å². The topological polar surface area (TPSA) is 9.23 Å². The van der Waals surface area contributed by atoms with Gasteiger partial charge in [0.1, 0.15) is 22.4 Å². The smallest absolute Gasteiger partial charge is 0.148 e. The zero-order chi connectivity index (χ0) is 16.0. The SMILES string of the molecule is CC.CC.CCCCCCOc1cc(F)cc(F)c1Cl. The molecule has 1 aromatic rings. The van der Waals surface area contributed by atoms with E-state index in [0.717, 1.165) is 37.8 Å². The Morgan fingerprint density at radius 1 is 1.00 bits per heavy atom. The van der Waals surface area contributed by atoms with Gasteiger partial charge in [0.15, 0.2) is 0 Å². The second kappa shape index (κ2) is 14.6. The van der Waals surface area contributed by atoms with Crippen LogP contribution in [0.3, 0.4) is 0 Å². The maximum Gasteiger partial charge on any atom is 0.148 e. The molecule has 1 rings (SSSR count). The molecule has 1 nitrogen and oxygen atoms in total. The van der Waals surface area contributed by atoms with Gasteiger partial charge in [-0.2, -0.15) is 0 Å². The molecule has 20 heavy (non-hydrogen) atoms. The number of rotatable bonds is 6. The summed E-state index contributed by atoms with van der Waals surface area (Å²) in [6, 6.07) is 1.84. The highest BCUT2D eigenvalue weighted by atomic mass is 35.5. The van der Waals surface area contributed by atoms with Gasteiger partial charge in [-0.15, -0.1) is 0 Å². The molecule has 0 unspecified atom stereocenters. The molecule has 0 spiro atoms. The summed E-state index contributed by atoms with van der Waals surface area (Å²) >= 11 is 5.64. The normalized spacial score (nSPS) is 9.00. The number of hydrogen-bond donors (Lipinski definition) is 0. The summed E-state index contributed by atoms with van der Waals surface area (Å²) in [7, 11) is 0. The molecule has 0 aromatic heterocycles. The summed E-state index contributed by atoms with van der Waals surface area (Å²) in [4.78, 5) is 0. The van der Waals surface area contributed by atoms with Crippen molar-refractivity contribution in [2.75, 3.05) is 6.61 Å². The molecular weight excluding hydrogens is 282 g/mol. The van der Waals surface area contributed by atoms with Crippen LogP contribution in [0.1, 0.15) is 60.3 Å². The second-order valence-corrected chi connectivity index (χ2v) is 3.99. The number of unbranched alkanes of at least 4 members (excludes halogenated alkanes) is 3. The third-order valence-electron chi connectivity index (χ3n) is 2.22. The van der Waals surface area contributed by atoms with E-state index in [1.54, 1.807) is 0 Å². The average molecular weight is 309 g/mol. The highest BCUT2D eigenvalue weighted by Crippen LogP contribution is 2.28. The predicted octanol–water partition coefficient (Wildman–Crippen LogP) is 6.63. The Labute approximate surface area is 127 Å². The molecule has 4 heteroatoms. The van der Waals surface area contributed by atoms with Crippen molar-refractivity contribution in [2.24, 2.45) is 0 Å². The van der Waals surface area contributed by atoms with E-state index in [2.05, 4.69) is 6.92 Å². The van der Waals surface area contributed by atoms with E-state index in [1.807, 2.05) is 27.7 Å². The Morgan fingerprint density at radius 3 is 2.15 bits per heavy atom. The van der Waals surface area contributed by atoms with Gasteiger partial charge in [0.2, 0.25) is 0 Å². The van der Waals surface area contributed by atoms with Gasteiger partial charge in [-0.1, -0.05) is 65.5 Å². The van der Waals surface area contributed by atoms with Gasteiger partial charge >= 0.3 is 0 Å². The van der Waals surface area contributed by atoms with Crippen molar-refractivity contribution in [3.05, 3.63) is 28.8 Å². The van der Waals surface area contributed by atoms with Crippen LogP contribution in [0.25, 0.3) is 0 Å². The van der Waals surface area contributed by atoms with Gasteiger partial charge in [0.05, 0.1) is 6.61 Å². The Bertz CT molecular complexity index is 343. The molecule has 1 aromatic carbocycles. The van der Waals surface area contributed by atoms with Crippen LogP contribution in [0.15, 0.2) is 12.1 Å². The minimum absolute atomic E-state index is 0.0793. The first kappa shape index (κ1) is 21.5. The number of ether oxygens (including phenoxy) is 1. The fourth-order valence-corrected chi connectivity index (χ4v) is 1.51. The predicted molar refractivity (Wildman–Crippen MR) is 83.7 cm³/mol. The Hall–Kier alpha value is -0.830.